The Kier molecular flexibility index (Phi) is 6.60. The minimum absolute atomic E-state index is 0.203. The van der Waals surface area contributed by atoms with Gasteiger partial charge in [-0.3, -0.25) is 19.8 Å². The third kappa shape index (κ3) is 5.03. The van der Waals surface area contributed by atoms with Gasteiger partial charge in [-0.25, -0.2) is 4.39 Å². The molecule has 0 unspecified atom stereocenters. The van der Waals surface area contributed by atoms with Crippen molar-refractivity contribution >= 4 is 52.5 Å². The van der Waals surface area contributed by atoms with Gasteiger partial charge in [0, 0.05) is 5.56 Å². The molecule has 35 heavy (non-hydrogen) atoms. The van der Waals surface area contributed by atoms with Crippen LogP contribution >= 0.6 is 23.8 Å². The number of rotatable bonds is 4. The Morgan fingerprint density at radius 1 is 0.943 bits per heavy atom. The van der Waals surface area contributed by atoms with Gasteiger partial charge in [-0.1, -0.05) is 29.8 Å². The number of alkyl halides is 3. The van der Waals surface area contributed by atoms with Gasteiger partial charge in [-0.2, -0.15) is 13.2 Å². The molecule has 0 bridgehead atoms. The number of thiocarbonyl (C=S) groups is 1. The van der Waals surface area contributed by atoms with Gasteiger partial charge in [-0.15, -0.1) is 0 Å². The summed E-state index contributed by atoms with van der Waals surface area (Å²) in [4.78, 5) is 26.5. The van der Waals surface area contributed by atoms with Gasteiger partial charge in [-0.05, 0) is 66.8 Å². The molecule has 3 aromatic rings. The number of hydrogen-bond donors (Lipinski definition) is 1. The molecule has 1 heterocycles. The first-order valence-corrected chi connectivity index (χ1v) is 10.6. The lowest BCUT2D eigenvalue weighted by Crippen LogP contribution is -2.54. The summed E-state index contributed by atoms with van der Waals surface area (Å²) in [5.74, 6) is -2.52. The van der Waals surface area contributed by atoms with Crippen molar-refractivity contribution in [1.29, 1.82) is 0 Å². The van der Waals surface area contributed by atoms with Crippen LogP contribution in [0.4, 0.5) is 23.2 Å². The summed E-state index contributed by atoms with van der Waals surface area (Å²) in [5, 5.41) is 1.34. The Labute approximate surface area is 206 Å². The number of hydrogen-bond acceptors (Lipinski definition) is 4. The summed E-state index contributed by atoms with van der Waals surface area (Å²) in [7, 11) is 0. The lowest BCUT2D eigenvalue weighted by Gasteiger charge is -2.29. The molecule has 5 nitrogen and oxygen atoms in total. The third-order valence-corrected chi connectivity index (χ3v) is 5.48. The van der Waals surface area contributed by atoms with Crippen molar-refractivity contribution in [2.24, 2.45) is 0 Å². The molecule has 1 fully saturated rings. The van der Waals surface area contributed by atoms with Gasteiger partial charge in [0.2, 0.25) is 0 Å². The molecule has 1 aliphatic rings. The maximum absolute atomic E-state index is 14.5. The van der Waals surface area contributed by atoms with Crippen molar-refractivity contribution in [3.8, 4) is 11.5 Å². The zero-order valence-corrected chi connectivity index (χ0v) is 19.0. The molecule has 0 saturated carbocycles. The number of anilines is 1. The predicted octanol–water partition coefficient (Wildman–Crippen LogP) is 6.12. The molecule has 2 amide bonds. The molecule has 1 saturated heterocycles. The van der Waals surface area contributed by atoms with Gasteiger partial charge in [0.05, 0.1) is 16.3 Å². The van der Waals surface area contributed by atoms with Crippen molar-refractivity contribution in [1.82, 2.24) is 5.32 Å². The Morgan fingerprint density at radius 2 is 1.57 bits per heavy atom. The van der Waals surface area contributed by atoms with Gasteiger partial charge in [0.15, 0.2) is 5.11 Å². The van der Waals surface area contributed by atoms with Crippen molar-refractivity contribution in [2.45, 2.75) is 6.18 Å². The van der Waals surface area contributed by atoms with E-state index in [1.807, 2.05) is 6.07 Å². The molecular weight excluding hydrogens is 508 g/mol. The lowest BCUT2D eigenvalue weighted by molar-refractivity contribution is -0.138. The van der Waals surface area contributed by atoms with E-state index in [1.165, 1.54) is 24.3 Å². The monoisotopic (exact) mass is 520 g/mol. The molecule has 0 spiro atoms. The zero-order valence-electron chi connectivity index (χ0n) is 17.4. The second-order valence-corrected chi connectivity index (χ2v) is 7.98. The van der Waals surface area contributed by atoms with Crippen LogP contribution in [-0.2, 0) is 15.8 Å². The molecule has 0 radical (unpaired) electrons. The van der Waals surface area contributed by atoms with E-state index >= 15 is 0 Å². The summed E-state index contributed by atoms with van der Waals surface area (Å²) < 4.78 is 60.5. The molecule has 1 N–H and O–H groups in total. The van der Waals surface area contributed by atoms with Crippen LogP contribution < -0.4 is 15.0 Å². The van der Waals surface area contributed by atoms with Gasteiger partial charge < -0.3 is 4.74 Å². The number of ether oxygens (including phenoxy) is 1. The van der Waals surface area contributed by atoms with Crippen LogP contribution in [0.1, 0.15) is 11.1 Å². The van der Waals surface area contributed by atoms with Crippen molar-refractivity contribution in [3.05, 3.63) is 94.3 Å². The van der Waals surface area contributed by atoms with E-state index in [-0.39, 0.29) is 10.8 Å². The van der Waals surface area contributed by atoms with E-state index in [0.717, 1.165) is 11.0 Å². The van der Waals surface area contributed by atoms with Crippen LogP contribution in [-0.4, -0.2) is 16.9 Å². The van der Waals surface area contributed by atoms with Gasteiger partial charge in [0.25, 0.3) is 11.8 Å². The first kappa shape index (κ1) is 24.4. The molecular formula is C24H13ClF4N2O3S. The number of halogens is 5. The minimum atomic E-state index is -4.96. The van der Waals surface area contributed by atoms with E-state index in [0.29, 0.717) is 23.6 Å². The Balaban J connectivity index is 1.70. The van der Waals surface area contributed by atoms with E-state index in [4.69, 9.17) is 28.6 Å². The van der Waals surface area contributed by atoms with Crippen LogP contribution in [0.2, 0.25) is 5.02 Å². The Bertz CT molecular complexity index is 1360. The lowest BCUT2D eigenvalue weighted by atomic mass is 10.0. The van der Waals surface area contributed by atoms with Crippen LogP contribution in [0.25, 0.3) is 6.08 Å². The average molecular weight is 521 g/mol. The highest BCUT2D eigenvalue weighted by Crippen LogP contribution is 2.37. The zero-order chi connectivity index (χ0) is 25.3. The Hall–Kier alpha value is -3.76. The SMILES string of the molecule is O=C1NC(=S)N(c2ccc(Oc3ccccc3)cc2)C(=O)C1=Cc1c(C(F)(F)F)ccc(Cl)c1F. The molecule has 0 aliphatic carbocycles. The van der Waals surface area contributed by atoms with E-state index in [1.54, 1.807) is 24.3 Å². The fourth-order valence-electron chi connectivity index (χ4n) is 3.28. The van der Waals surface area contributed by atoms with Crippen LogP contribution in [0, 0.1) is 5.82 Å². The minimum Gasteiger partial charge on any atom is -0.457 e. The average Bonchev–Trinajstić information content (AvgIpc) is 2.80. The van der Waals surface area contributed by atoms with Crippen LogP contribution in [0.15, 0.2) is 72.3 Å². The molecule has 1 aliphatic heterocycles. The number of para-hydroxylation sites is 1. The molecule has 0 aromatic heterocycles. The maximum atomic E-state index is 14.5. The number of amides is 2. The van der Waals surface area contributed by atoms with Crippen molar-refractivity contribution < 1.29 is 31.9 Å². The normalized spacial score (nSPS) is 15.4. The fourth-order valence-corrected chi connectivity index (χ4v) is 3.72. The summed E-state index contributed by atoms with van der Waals surface area (Å²) >= 11 is 10.7. The van der Waals surface area contributed by atoms with Crippen LogP contribution in [0.5, 0.6) is 11.5 Å². The smallest absolute Gasteiger partial charge is 0.417 e. The summed E-state index contributed by atoms with van der Waals surface area (Å²) in [6.07, 6.45) is -4.45. The molecule has 3 aromatic carbocycles. The maximum Gasteiger partial charge on any atom is 0.417 e. The summed E-state index contributed by atoms with van der Waals surface area (Å²) in [6, 6.07) is 16.2. The highest BCUT2D eigenvalue weighted by Gasteiger charge is 2.38. The second kappa shape index (κ2) is 9.47. The number of benzene rings is 3. The topological polar surface area (TPSA) is 58.6 Å². The van der Waals surface area contributed by atoms with Crippen molar-refractivity contribution in [2.75, 3.05) is 4.90 Å². The number of nitrogens with zero attached hydrogens (tertiary/aromatic N) is 1. The first-order valence-electron chi connectivity index (χ1n) is 9.86. The summed E-state index contributed by atoms with van der Waals surface area (Å²) in [5.41, 5.74) is -2.98. The third-order valence-electron chi connectivity index (χ3n) is 4.90. The Morgan fingerprint density at radius 3 is 2.20 bits per heavy atom. The molecule has 11 heteroatoms. The van der Waals surface area contributed by atoms with Crippen LogP contribution in [0.3, 0.4) is 0 Å². The van der Waals surface area contributed by atoms with E-state index in [2.05, 4.69) is 5.32 Å². The quantitative estimate of drug-likeness (QED) is 0.195. The molecule has 4 rings (SSSR count). The fraction of sp³-hybridized carbons (Fsp3) is 0.0417. The number of carbonyl (C=O) groups excluding carboxylic acids is 2. The van der Waals surface area contributed by atoms with Gasteiger partial charge >= 0.3 is 6.18 Å². The molecule has 0 atom stereocenters. The standard InChI is InChI=1S/C24H13ClF4N2O3S/c25-19-11-10-18(24(27,28)29)16(20(19)26)12-17-21(32)30-23(35)31(22(17)33)13-6-8-15(9-7-13)34-14-4-2-1-3-5-14/h1-12H,(H,30,32,35). The van der Waals surface area contributed by atoms with Crippen molar-refractivity contribution in [3.63, 3.8) is 0 Å². The highest BCUT2D eigenvalue weighted by atomic mass is 35.5. The largest absolute Gasteiger partial charge is 0.457 e. The van der Waals surface area contributed by atoms with E-state index in [9.17, 15) is 27.2 Å². The summed E-state index contributed by atoms with van der Waals surface area (Å²) in [6.45, 7) is 0. The predicted molar refractivity (Wildman–Crippen MR) is 126 cm³/mol. The van der Waals surface area contributed by atoms with E-state index < -0.39 is 45.5 Å². The first-order chi connectivity index (χ1) is 16.6. The highest BCUT2D eigenvalue weighted by molar-refractivity contribution is 7.80. The number of nitrogens with one attached hydrogen (secondary N) is 1. The second-order valence-electron chi connectivity index (χ2n) is 7.19. The molecule has 178 valence electrons. The van der Waals surface area contributed by atoms with Gasteiger partial charge in [0.1, 0.15) is 22.9 Å². The number of carbonyl (C=O) groups is 2.